The van der Waals surface area contributed by atoms with Crippen molar-refractivity contribution < 1.29 is 0 Å². The normalized spacial score (nSPS) is 17.7. The molecule has 1 heterocycles. The third-order valence-corrected chi connectivity index (χ3v) is 2.82. The summed E-state index contributed by atoms with van der Waals surface area (Å²) in [6, 6.07) is 0. The Hall–Kier alpha value is -0.710. The molecule has 0 atom stereocenters. The highest BCUT2D eigenvalue weighted by molar-refractivity contribution is 7.71. The molecule has 0 unspecified atom stereocenters. The van der Waals surface area contributed by atoms with Crippen molar-refractivity contribution in [2.24, 2.45) is 5.92 Å². The molecule has 0 amide bonds. The van der Waals surface area contributed by atoms with E-state index >= 15 is 0 Å². The van der Waals surface area contributed by atoms with Crippen molar-refractivity contribution in [1.82, 2.24) is 20.2 Å². The molecule has 1 N–H and O–H groups in total. The Morgan fingerprint density at radius 2 is 2.42 bits per heavy atom. The van der Waals surface area contributed by atoms with Crippen LogP contribution in [0, 0.1) is 10.7 Å². The smallest absolute Gasteiger partial charge is 0.238 e. The lowest BCUT2D eigenvalue weighted by molar-refractivity contribution is 0.276. The molecule has 1 aliphatic carbocycles. The molecule has 1 aromatic heterocycles. The summed E-state index contributed by atoms with van der Waals surface area (Å²) in [4.78, 5) is 0. The molecule has 0 spiro atoms. The highest BCUT2D eigenvalue weighted by Crippen LogP contribution is 2.29. The third kappa shape index (κ3) is 1.55. The fraction of sp³-hybridized carbons (Fsp3) is 0.857. The van der Waals surface area contributed by atoms with Gasteiger partial charge in [0.2, 0.25) is 4.77 Å². The van der Waals surface area contributed by atoms with Gasteiger partial charge in [0.15, 0.2) is 0 Å². The van der Waals surface area contributed by atoms with E-state index in [0.717, 1.165) is 12.5 Å². The largest absolute Gasteiger partial charge is 0.242 e. The average Bonchev–Trinajstić information content (AvgIpc) is 2.33. The Bertz CT molecular complexity index is 298. The second-order valence-electron chi connectivity index (χ2n) is 3.32. The van der Waals surface area contributed by atoms with Gasteiger partial charge in [0.05, 0.1) is 0 Å². The van der Waals surface area contributed by atoms with Gasteiger partial charge in [0.25, 0.3) is 0 Å². The molecule has 0 saturated heterocycles. The zero-order valence-electron chi connectivity index (χ0n) is 6.86. The van der Waals surface area contributed by atoms with Crippen molar-refractivity contribution in [2.75, 3.05) is 0 Å². The Morgan fingerprint density at radius 3 is 2.92 bits per heavy atom. The Kier molecular flexibility index (Phi) is 2.21. The summed E-state index contributed by atoms with van der Waals surface area (Å²) in [6.07, 6.45) is 5.37. The van der Waals surface area contributed by atoms with Gasteiger partial charge in [-0.3, -0.25) is 0 Å². The monoisotopic (exact) mass is 184 g/mol. The second kappa shape index (κ2) is 3.35. The first kappa shape index (κ1) is 7.91. The van der Waals surface area contributed by atoms with Gasteiger partial charge >= 0.3 is 0 Å². The van der Waals surface area contributed by atoms with E-state index in [1.165, 1.54) is 25.7 Å². The third-order valence-electron chi connectivity index (χ3n) is 2.52. The zero-order chi connectivity index (χ0) is 8.39. The van der Waals surface area contributed by atoms with Crippen molar-refractivity contribution in [3.05, 3.63) is 4.77 Å². The second-order valence-corrected chi connectivity index (χ2v) is 3.68. The topological polar surface area (TPSA) is 46.5 Å². The summed E-state index contributed by atoms with van der Waals surface area (Å²) in [5, 5.41) is 10.1. The van der Waals surface area contributed by atoms with Crippen LogP contribution in [0.5, 0.6) is 0 Å². The summed E-state index contributed by atoms with van der Waals surface area (Å²) in [7, 11) is 0. The molecular weight excluding hydrogens is 172 g/mol. The number of aromatic nitrogens is 4. The van der Waals surface area contributed by atoms with Crippen LogP contribution in [-0.2, 0) is 6.54 Å². The highest BCUT2D eigenvalue weighted by Gasteiger charge is 2.16. The summed E-state index contributed by atoms with van der Waals surface area (Å²) in [5.74, 6) is 0.912. The van der Waals surface area contributed by atoms with Crippen LogP contribution in [0.3, 0.4) is 0 Å². The summed E-state index contributed by atoms with van der Waals surface area (Å²) in [6.45, 7) is 0.941. The van der Waals surface area contributed by atoms with Crippen LogP contribution in [0.25, 0.3) is 0 Å². The molecule has 0 radical (unpaired) electrons. The number of hydrogen-bond acceptors (Lipinski definition) is 3. The SMILES string of the molecule is S=c1nn[nH]n1CCC1CCC1. The first-order valence-electron chi connectivity index (χ1n) is 4.34. The number of nitrogens with zero attached hydrogens (tertiary/aromatic N) is 3. The van der Waals surface area contributed by atoms with Gasteiger partial charge in [-0.05, 0) is 24.6 Å². The number of rotatable bonds is 3. The highest BCUT2D eigenvalue weighted by atomic mass is 32.1. The van der Waals surface area contributed by atoms with Crippen molar-refractivity contribution in [2.45, 2.75) is 32.2 Å². The Balaban J connectivity index is 1.86. The van der Waals surface area contributed by atoms with E-state index < -0.39 is 0 Å². The van der Waals surface area contributed by atoms with Crippen LogP contribution < -0.4 is 0 Å². The first-order valence-corrected chi connectivity index (χ1v) is 4.75. The molecule has 4 nitrogen and oxygen atoms in total. The van der Waals surface area contributed by atoms with E-state index in [0.29, 0.717) is 4.77 Å². The zero-order valence-corrected chi connectivity index (χ0v) is 7.68. The van der Waals surface area contributed by atoms with Crippen LogP contribution in [-0.4, -0.2) is 20.2 Å². The maximum Gasteiger partial charge on any atom is 0.238 e. The van der Waals surface area contributed by atoms with Gasteiger partial charge in [-0.2, -0.15) is 5.21 Å². The predicted molar refractivity (Wildman–Crippen MR) is 47.2 cm³/mol. The van der Waals surface area contributed by atoms with Gasteiger partial charge in [0, 0.05) is 6.54 Å². The van der Waals surface area contributed by atoms with E-state index in [-0.39, 0.29) is 0 Å². The molecule has 12 heavy (non-hydrogen) atoms. The molecule has 0 bridgehead atoms. The van der Waals surface area contributed by atoms with Crippen LogP contribution in [0.4, 0.5) is 0 Å². The maximum atomic E-state index is 4.95. The van der Waals surface area contributed by atoms with Crippen LogP contribution in [0.1, 0.15) is 25.7 Å². The quantitative estimate of drug-likeness (QED) is 0.724. The molecule has 5 heteroatoms. The van der Waals surface area contributed by atoms with E-state index in [1.807, 2.05) is 4.68 Å². The lowest BCUT2D eigenvalue weighted by Gasteiger charge is -2.24. The number of nitrogens with one attached hydrogen (secondary N) is 1. The minimum atomic E-state index is 0.564. The minimum absolute atomic E-state index is 0.564. The van der Waals surface area contributed by atoms with Crippen molar-refractivity contribution >= 4 is 12.2 Å². The molecule has 1 fully saturated rings. The summed E-state index contributed by atoms with van der Waals surface area (Å²) >= 11 is 4.95. The van der Waals surface area contributed by atoms with Gasteiger partial charge < -0.3 is 0 Å². The van der Waals surface area contributed by atoms with E-state index in [1.54, 1.807) is 0 Å². The fourth-order valence-corrected chi connectivity index (χ4v) is 1.63. The lowest BCUT2D eigenvalue weighted by atomic mass is 9.83. The summed E-state index contributed by atoms with van der Waals surface area (Å²) < 4.78 is 2.39. The molecular formula is C7H12N4S. The molecule has 66 valence electrons. The number of tetrazole rings is 1. The van der Waals surface area contributed by atoms with E-state index in [4.69, 9.17) is 12.2 Å². The van der Waals surface area contributed by atoms with Gasteiger partial charge in [-0.15, -0.1) is 0 Å². The minimum Gasteiger partial charge on any atom is -0.242 e. The lowest BCUT2D eigenvalue weighted by Crippen LogP contribution is -2.14. The number of H-pyrrole nitrogens is 1. The predicted octanol–water partition coefficient (Wildman–Crippen LogP) is 1.53. The molecule has 2 rings (SSSR count). The van der Waals surface area contributed by atoms with Crippen molar-refractivity contribution in [1.29, 1.82) is 0 Å². The number of hydrogen-bond donors (Lipinski definition) is 1. The standard InChI is InChI=1S/C7H12N4S/c12-7-8-9-10-11(7)5-4-6-2-1-3-6/h6H,1-5H2,(H,8,10,12). The average molecular weight is 184 g/mol. The number of aromatic amines is 1. The van der Waals surface area contributed by atoms with Crippen LogP contribution in [0.2, 0.25) is 0 Å². The van der Waals surface area contributed by atoms with Crippen molar-refractivity contribution in [3.63, 3.8) is 0 Å². The molecule has 1 saturated carbocycles. The molecule has 0 aromatic carbocycles. The maximum absolute atomic E-state index is 4.95. The number of aryl methyl sites for hydroxylation is 1. The van der Waals surface area contributed by atoms with Gasteiger partial charge in [-0.25, -0.2) is 4.68 Å². The molecule has 0 aliphatic heterocycles. The van der Waals surface area contributed by atoms with Gasteiger partial charge in [-0.1, -0.05) is 29.6 Å². The Morgan fingerprint density at radius 1 is 1.58 bits per heavy atom. The van der Waals surface area contributed by atoms with Gasteiger partial charge in [0.1, 0.15) is 0 Å². The Labute approximate surface area is 76.0 Å². The van der Waals surface area contributed by atoms with E-state index in [9.17, 15) is 0 Å². The first-order chi connectivity index (χ1) is 5.86. The van der Waals surface area contributed by atoms with E-state index in [2.05, 4.69) is 15.5 Å². The van der Waals surface area contributed by atoms with Crippen LogP contribution in [0.15, 0.2) is 0 Å². The van der Waals surface area contributed by atoms with Crippen LogP contribution >= 0.6 is 12.2 Å². The fourth-order valence-electron chi connectivity index (χ4n) is 1.45. The summed E-state index contributed by atoms with van der Waals surface area (Å²) in [5.41, 5.74) is 0. The molecule has 1 aromatic rings. The van der Waals surface area contributed by atoms with Crippen molar-refractivity contribution in [3.8, 4) is 0 Å². The molecule has 1 aliphatic rings.